The van der Waals surface area contributed by atoms with Crippen molar-refractivity contribution >= 4 is 34.0 Å². The molecule has 2 amide bonds. The summed E-state index contributed by atoms with van der Waals surface area (Å²) >= 11 is 0. The van der Waals surface area contributed by atoms with Crippen LogP contribution < -0.4 is 15.5 Å². The number of nitrogens with two attached hydrogens (primary N) is 1. The fraction of sp³-hybridized carbons (Fsp3) is 0.257. The molecular formula is C35H37N5O2. The molecule has 6 rings (SSSR count). The van der Waals surface area contributed by atoms with E-state index in [0.717, 1.165) is 65.1 Å². The van der Waals surface area contributed by atoms with Crippen LogP contribution in [-0.2, 0) is 10.2 Å². The van der Waals surface area contributed by atoms with Gasteiger partial charge in [-0.2, -0.15) is 5.10 Å². The average molecular weight is 560 g/mol. The molecule has 0 atom stereocenters. The van der Waals surface area contributed by atoms with Gasteiger partial charge < -0.3 is 15.4 Å². The second kappa shape index (κ2) is 11.0. The van der Waals surface area contributed by atoms with Crippen molar-refractivity contribution in [2.75, 3.05) is 36.1 Å². The maximum absolute atomic E-state index is 13.3. The molecule has 2 N–H and O–H groups in total. The molecule has 0 aliphatic carbocycles. The van der Waals surface area contributed by atoms with Gasteiger partial charge in [0.15, 0.2) is 0 Å². The van der Waals surface area contributed by atoms with Gasteiger partial charge in [0.05, 0.1) is 30.3 Å². The van der Waals surface area contributed by atoms with Crippen LogP contribution in [0.15, 0.2) is 91.0 Å². The van der Waals surface area contributed by atoms with Gasteiger partial charge >= 0.3 is 6.03 Å². The third-order valence-corrected chi connectivity index (χ3v) is 7.86. The van der Waals surface area contributed by atoms with Crippen molar-refractivity contribution in [3.05, 3.63) is 102 Å². The molecule has 7 heteroatoms. The summed E-state index contributed by atoms with van der Waals surface area (Å²) < 4.78 is 7.38. The number of hydrogen-bond acceptors (Lipinski definition) is 4. The minimum atomic E-state index is -0.573. The number of urea groups is 1. The molecule has 2 heterocycles. The Morgan fingerprint density at radius 1 is 0.857 bits per heavy atom. The summed E-state index contributed by atoms with van der Waals surface area (Å²) in [7, 11) is 0. The van der Waals surface area contributed by atoms with E-state index in [-0.39, 0.29) is 5.41 Å². The normalized spacial score (nSPS) is 13.9. The lowest BCUT2D eigenvalue weighted by Crippen LogP contribution is -2.36. The number of carbonyl (C=O) groups is 1. The molecule has 5 aromatic rings. The molecule has 0 unspecified atom stereocenters. The zero-order valence-corrected chi connectivity index (χ0v) is 24.7. The molecule has 4 aromatic carbocycles. The van der Waals surface area contributed by atoms with Crippen molar-refractivity contribution < 1.29 is 9.53 Å². The molecule has 214 valence electrons. The first kappa shape index (κ1) is 27.5. The van der Waals surface area contributed by atoms with E-state index in [4.69, 9.17) is 15.6 Å². The quantitative estimate of drug-likeness (QED) is 0.244. The Morgan fingerprint density at radius 2 is 1.57 bits per heavy atom. The van der Waals surface area contributed by atoms with Crippen molar-refractivity contribution in [1.82, 2.24) is 9.78 Å². The molecule has 0 bridgehead atoms. The number of amides is 2. The van der Waals surface area contributed by atoms with Crippen LogP contribution in [-0.4, -0.2) is 42.1 Å². The Bertz CT molecular complexity index is 1740. The number of aromatic nitrogens is 2. The second-order valence-electron chi connectivity index (χ2n) is 11.9. The van der Waals surface area contributed by atoms with E-state index in [9.17, 15) is 4.79 Å². The second-order valence-corrected chi connectivity index (χ2v) is 11.9. The monoisotopic (exact) mass is 559 g/mol. The van der Waals surface area contributed by atoms with Gasteiger partial charge in [-0.3, -0.25) is 0 Å². The highest BCUT2D eigenvalue weighted by Gasteiger charge is 2.28. The summed E-state index contributed by atoms with van der Waals surface area (Å²) in [6.07, 6.45) is 0. The third-order valence-electron chi connectivity index (χ3n) is 7.86. The first-order chi connectivity index (χ1) is 20.2. The van der Waals surface area contributed by atoms with E-state index in [1.165, 1.54) is 5.69 Å². The molecule has 1 fully saturated rings. The SMILES string of the molecule is Cc1ccc(-n2nc(C(C)(C)C)cc2N(C(N)=O)c2ccc(-c3cccc(N4CCOCC4)c3)c3ccccc23)cc1. The minimum absolute atomic E-state index is 0.231. The summed E-state index contributed by atoms with van der Waals surface area (Å²) in [5.41, 5.74) is 12.9. The van der Waals surface area contributed by atoms with Crippen molar-refractivity contribution in [2.24, 2.45) is 5.73 Å². The molecule has 1 aliphatic rings. The maximum atomic E-state index is 13.3. The summed E-state index contributed by atoms with van der Waals surface area (Å²) in [5.74, 6) is 0.600. The number of fused-ring (bicyclic) bond motifs is 1. The molecule has 7 nitrogen and oxygen atoms in total. The third kappa shape index (κ3) is 5.23. The van der Waals surface area contributed by atoms with Crippen molar-refractivity contribution in [3.63, 3.8) is 0 Å². The first-order valence-electron chi connectivity index (χ1n) is 14.4. The predicted octanol–water partition coefficient (Wildman–Crippen LogP) is 7.35. The summed E-state index contributed by atoms with van der Waals surface area (Å²) in [4.78, 5) is 17.2. The van der Waals surface area contributed by atoms with Gasteiger partial charge in [0.25, 0.3) is 0 Å². The fourth-order valence-electron chi connectivity index (χ4n) is 5.55. The molecule has 1 saturated heterocycles. The fourth-order valence-corrected chi connectivity index (χ4v) is 5.55. The number of rotatable bonds is 5. The maximum Gasteiger partial charge on any atom is 0.325 e. The van der Waals surface area contributed by atoms with Gasteiger partial charge in [-0.05, 0) is 53.8 Å². The Kier molecular flexibility index (Phi) is 7.21. The van der Waals surface area contributed by atoms with E-state index in [1.807, 2.05) is 59.3 Å². The van der Waals surface area contributed by atoms with Gasteiger partial charge in [0, 0.05) is 35.6 Å². The van der Waals surface area contributed by atoms with Crippen LogP contribution in [0.4, 0.5) is 22.0 Å². The number of anilines is 3. The molecule has 0 radical (unpaired) electrons. The van der Waals surface area contributed by atoms with Crippen LogP contribution >= 0.6 is 0 Å². The average Bonchev–Trinajstić information content (AvgIpc) is 3.44. The zero-order chi connectivity index (χ0) is 29.4. The minimum Gasteiger partial charge on any atom is -0.378 e. The highest BCUT2D eigenvalue weighted by Crippen LogP contribution is 2.40. The lowest BCUT2D eigenvalue weighted by atomic mass is 9.92. The lowest BCUT2D eigenvalue weighted by Gasteiger charge is -2.29. The molecular weight excluding hydrogens is 522 g/mol. The number of nitrogens with zero attached hydrogens (tertiary/aromatic N) is 4. The molecule has 1 aromatic heterocycles. The van der Waals surface area contributed by atoms with Crippen molar-refractivity contribution in [2.45, 2.75) is 33.1 Å². The van der Waals surface area contributed by atoms with Crippen LogP contribution in [0.2, 0.25) is 0 Å². The van der Waals surface area contributed by atoms with Gasteiger partial charge in [0.1, 0.15) is 5.82 Å². The number of ether oxygens (including phenoxy) is 1. The van der Waals surface area contributed by atoms with E-state index < -0.39 is 6.03 Å². The van der Waals surface area contributed by atoms with Crippen molar-refractivity contribution in [3.8, 4) is 16.8 Å². The van der Waals surface area contributed by atoms with Gasteiger partial charge in [-0.15, -0.1) is 0 Å². The molecule has 42 heavy (non-hydrogen) atoms. The lowest BCUT2D eigenvalue weighted by molar-refractivity contribution is 0.122. The van der Waals surface area contributed by atoms with Crippen molar-refractivity contribution in [1.29, 1.82) is 0 Å². The number of carbonyl (C=O) groups excluding carboxylic acids is 1. The Morgan fingerprint density at radius 3 is 2.26 bits per heavy atom. The Balaban J connectivity index is 1.51. The summed E-state index contributed by atoms with van der Waals surface area (Å²) in [6, 6.07) is 30.4. The van der Waals surface area contributed by atoms with Gasteiger partial charge in [0.2, 0.25) is 0 Å². The van der Waals surface area contributed by atoms with E-state index >= 15 is 0 Å². The molecule has 0 spiro atoms. The number of primary amides is 1. The van der Waals surface area contributed by atoms with E-state index in [0.29, 0.717) is 11.5 Å². The van der Waals surface area contributed by atoms with Crippen LogP contribution in [0.1, 0.15) is 32.0 Å². The van der Waals surface area contributed by atoms with E-state index in [2.05, 4.69) is 69.0 Å². The smallest absolute Gasteiger partial charge is 0.325 e. The standard InChI is InChI=1S/C35H37N5O2/c1-24-12-14-26(15-13-24)40-33(23-32(37-40)35(2,3)4)39(34(36)41)31-17-16-28(29-10-5-6-11-30(29)31)25-8-7-9-27(22-25)38-18-20-42-21-19-38/h5-17,22-23H,18-21H2,1-4H3,(H2,36,41). The molecule has 1 aliphatic heterocycles. The number of aryl methyl sites for hydroxylation is 1. The van der Waals surface area contributed by atoms with Crippen LogP contribution in [0, 0.1) is 6.92 Å². The number of morpholine rings is 1. The van der Waals surface area contributed by atoms with E-state index in [1.54, 1.807) is 4.90 Å². The highest BCUT2D eigenvalue weighted by atomic mass is 16.5. The van der Waals surface area contributed by atoms with Crippen LogP contribution in [0.25, 0.3) is 27.6 Å². The molecule has 0 saturated carbocycles. The highest BCUT2D eigenvalue weighted by molar-refractivity contribution is 6.10. The summed E-state index contributed by atoms with van der Waals surface area (Å²) in [6.45, 7) is 11.6. The summed E-state index contributed by atoms with van der Waals surface area (Å²) in [5, 5.41) is 6.93. The van der Waals surface area contributed by atoms with Gasteiger partial charge in [-0.25, -0.2) is 14.4 Å². The van der Waals surface area contributed by atoms with Crippen LogP contribution in [0.5, 0.6) is 0 Å². The number of hydrogen-bond donors (Lipinski definition) is 1. The topological polar surface area (TPSA) is 76.6 Å². The Labute approximate surface area is 247 Å². The number of benzene rings is 4. The first-order valence-corrected chi connectivity index (χ1v) is 14.4. The predicted molar refractivity (Wildman–Crippen MR) is 171 cm³/mol. The van der Waals surface area contributed by atoms with Gasteiger partial charge in [-0.1, -0.05) is 80.9 Å². The Hall–Kier alpha value is -4.62. The zero-order valence-electron chi connectivity index (χ0n) is 24.7. The largest absolute Gasteiger partial charge is 0.378 e. The van der Waals surface area contributed by atoms with Crippen LogP contribution in [0.3, 0.4) is 0 Å².